The number of nitro benzene ring substituents is 1. The summed E-state index contributed by atoms with van der Waals surface area (Å²) in [6.07, 6.45) is 5.45. The fourth-order valence-corrected chi connectivity index (χ4v) is 1.36. The van der Waals surface area contributed by atoms with Crippen molar-refractivity contribution in [3.63, 3.8) is 0 Å². The molecule has 0 aliphatic rings. The Hall–Kier alpha value is -3.16. The van der Waals surface area contributed by atoms with Crippen molar-refractivity contribution in [1.82, 2.24) is 15.4 Å². The van der Waals surface area contributed by atoms with Gasteiger partial charge >= 0.3 is 0 Å². The van der Waals surface area contributed by atoms with Crippen LogP contribution in [0.15, 0.2) is 48.0 Å². The zero-order chi connectivity index (χ0) is 14.4. The van der Waals surface area contributed by atoms with Gasteiger partial charge in [-0.3, -0.25) is 19.9 Å². The number of amides is 1. The van der Waals surface area contributed by atoms with Crippen molar-refractivity contribution >= 4 is 17.8 Å². The van der Waals surface area contributed by atoms with Gasteiger partial charge in [0.15, 0.2) is 0 Å². The highest BCUT2D eigenvalue weighted by Crippen LogP contribution is 2.11. The molecule has 8 nitrogen and oxygen atoms in total. The molecule has 2 rings (SSSR count). The SMILES string of the molecule is O=C(N/N=C/c1cccc([N+](=O)[O-])c1)c1cnccn1. The molecular formula is C12H9N5O3. The van der Waals surface area contributed by atoms with Crippen LogP contribution in [0.1, 0.15) is 16.1 Å². The van der Waals surface area contributed by atoms with Crippen molar-refractivity contribution in [3.8, 4) is 0 Å². The maximum Gasteiger partial charge on any atom is 0.291 e. The Labute approximate surface area is 113 Å². The number of hydrogen-bond acceptors (Lipinski definition) is 6. The summed E-state index contributed by atoms with van der Waals surface area (Å²) >= 11 is 0. The summed E-state index contributed by atoms with van der Waals surface area (Å²) in [7, 11) is 0. The van der Waals surface area contributed by atoms with Crippen molar-refractivity contribution in [3.05, 3.63) is 64.2 Å². The first-order valence-electron chi connectivity index (χ1n) is 5.50. The molecule has 0 unspecified atom stereocenters. The maximum atomic E-state index is 11.6. The quantitative estimate of drug-likeness (QED) is 0.509. The summed E-state index contributed by atoms with van der Waals surface area (Å²) < 4.78 is 0. The van der Waals surface area contributed by atoms with E-state index in [1.807, 2.05) is 0 Å². The maximum absolute atomic E-state index is 11.6. The van der Waals surface area contributed by atoms with E-state index in [1.54, 1.807) is 6.07 Å². The van der Waals surface area contributed by atoms with Crippen LogP contribution in [0.4, 0.5) is 5.69 Å². The van der Waals surface area contributed by atoms with Gasteiger partial charge in [0.2, 0.25) is 0 Å². The summed E-state index contributed by atoms with van der Waals surface area (Å²) in [5, 5.41) is 14.3. The van der Waals surface area contributed by atoms with Crippen molar-refractivity contribution < 1.29 is 9.72 Å². The third-order valence-electron chi connectivity index (χ3n) is 2.26. The van der Waals surface area contributed by atoms with Crippen molar-refractivity contribution in [2.45, 2.75) is 0 Å². The molecule has 0 fully saturated rings. The molecule has 1 aromatic carbocycles. The smallest absolute Gasteiger partial charge is 0.265 e. The Morgan fingerprint density at radius 1 is 1.40 bits per heavy atom. The predicted octanol–water partition coefficient (Wildman–Crippen LogP) is 1.15. The van der Waals surface area contributed by atoms with E-state index >= 15 is 0 Å². The number of carbonyl (C=O) groups is 1. The van der Waals surface area contributed by atoms with E-state index < -0.39 is 10.8 Å². The van der Waals surface area contributed by atoms with Gasteiger partial charge in [-0.2, -0.15) is 5.10 Å². The van der Waals surface area contributed by atoms with Crippen LogP contribution in [0.3, 0.4) is 0 Å². The lowest BCUT2D eigenvalue weighted by Gasteiger charge is -1.97. The number of nitrogens with zero attached hydrogens (tertiary/aromatic N) is 4. The van der Waals surface area contributed by atoms with Gasteiger partial charge in [0.1, 0.15) is 5.69 Å². The molecule has 1 N–H and O–H groups in total. The van der Waals surface area contributed by atoms with Gasteiger partial charge in [-0.05, 0) is 0 Å². The molecule has 0 aliphatic heterocycles. The fourth-order valence-electron chi connectivity index (χ4n) is 1.36. The van der Waals surface area contributed by atoms with Crippen LogP contribution in [0.5, 0.6) is 0 Å². The average Bonchev–Trinajstić information content (AvgIpc) is 2.48. The number of hydrazone groups is 1. The molecule has 1 amide bonds. The number of benzene rings is 1. The van der Waals surface area contributed by atoms with E-state index in [0.29, 0.717) is 5.56 Å². The Kier molecular flexibility index (Phi) is 4.07. The van der Waals surface area contributed by atoms with E-state index in [0.717, 1.165) is 0 Å². The number of hydrogen-bond donors (Lipinski definition) is 1. The number of nitrogens with one attached hydrogen (secondary N) is 1. The number of rotatable bonds is 4. The molecule has 0 radical (unpaired) electrons. The first-order chi connectivity index (χ1) is 9.66. The van der Waals surface area contributed by atoms with Crippen LogP contribution in [-0.4, -0.2) is 27.0 Å². The number of aromatic nitrogens is 2. The minimum absolute atomic E-state index is 0.0470. The molecule has 0 bridgehead atoms. The highest BCUT2D eigenvalue weighted by atomic mass is 16.6. The second-order valence-corrected chi connectivity index (χ2v) is 3.64. The van der Waals surface area contributed by atoms with Gasteiger partial charge in [-0.25, -0.2) is 10.4 Å². The monoisotopic (exact) mass is 271 g/mol. The molecule has 0 saturated carbocycles. The molecule has 8 heteroatoms. The lowest BCUT2D eigenvalue weighted by atomic mass is 10.2. The third kappa shape index (κ3) is 3.42. The molecule has 1 heterocycles. The molecule has 0 saturated heterocycles. The Morgan fingerprint density at radius 2 is 2.25 bits per heavy atom. The van der Waals surface area contributed by atoms with E-state index in [2.05, 4.69) is 20.5 Å². The molecule has 2 aromatic rings. The molecule has 100 valence electrons. The van der Waals surface area contributed by atoms with Crippen LogP contribution < -0.4 is 5.43 Å². The zero-order valence-electron chi connectivity index (χ0n) is 10.1. The summed E-state index contributed by atoms with van der Waals surface area (Å²) in [4.78, 5) is 29.2. The number of carbonyl (C=O) groups excluding carboxylic acids is 1. The van der Waals surface area contributed by atoms with Crippen molar-refractivity contribution in [1.29, 1.82) is 0 Å². The highest BCUT2D eigenvalue weighted by Gasteiger charge is 2.06. The van der Waals surface area contributed by atoms with Gasteiger partial charge < -0.3 is 0 Å². The zero-order valence-corrected chi connectivity index (χ0v) is 10.1. The van der Waals surface area contributed by atoms with E-state index in [-0.39, 0.29) is 11.4 Å². The van der Waals surface area contributed by atoms with Crippen LogP contribution in [0.25, 0.3) is 0 Å². The molecule has 1 aromatic heterocycles. The Bertz CT molecular complexity index is 657. The normalized spacial score (nSPS) is 10.4. The standard InChI is InChI=1S/C12H9N5O3/c18-12(11-8-13-4-5-14-11)16-15-7-9-2-1-3-10(6-9)17(19)20/h1-8H,(H,16,18)/b15-7+. The fraction of sp³-hybridized carbons (Fsp3) is 0. The van der Waals surface area contributed by atoms with Gasteiger partial charge in [0, 0.05) is 30.1 Å². The van der Waals surface area contributed by atoms with Gasteiger partial charge in [0.25, 0.3) is 11.6 Å². The Morgan fingerprint density at radius 3 is 2.95 bits per heavy atom. The summed E-state index contributed by atoms with van der Waals surface area (Å²) in [5.74, 6) is -0.514. The first-order valence-corrected chi connectivity index (χ1v) is 5.50. The number of nitro groups is 1. The summed E-state index contributed by atoms with van der Waals surface area (Å²) in [5.41, 5.74) is 2.83. The van der Waals surface area contributed by atoms with Crippen LogP contribution in [-0.2, 0) is 0 Å². The van der Waals surface area contributed by atoms with Gasteiger partial charge in [0.05, 0.1) is 17.3 Å². The Balaban J connectivity index is 2.02. The molecular weight excluding hydrogens is 262 g/mol. The van der Waals surface area contributed by atoms with Crippen LogP contribution >= 0.6 is 0 Å². The lowest BCUT2D eigenvalue weighted by molar-refractivity contribution is -0.384. The minimum Gasteiger partial charge on any atom is -0.265 e. The van der Waals surface area contributed by atoms with Crippen molar-refractivity contribution in [2.24, 2.45) is 5.10 Å². The van der Waals surface area contributed by atoms with Crippen LogP contribution in [0.2, 0.25) is 0 Å². The lowest BCUT2D eigenvalue weighted by Crippen LogP contribution is -2.19. The largest absolute Gasteiger partial charge is 0.291 e. The predicted molar refractivity (Wildman–Crippen MR) is 70.2 cm³/mol. The number of non-ortho nitro benzene ring substituents is 1. The second kappa shape index (κ2) is 6.14. The average molecular weight is 271 g/mol. The van der Waals surface area contributed by atoms with E-state index in [1.165, 1.54) is 43.0 Å². The third-order valence-corrected chi connectivity index (χ3v) is 2.26. The molecule has 0 atom stereocenters. The molecule has 0 spiro atoms. The highest BCUT2D eigenvalue weighted by molar-refractivity contribution is 5.92. The minimum atomic E-state index is -0.514. The van der Waals surface area contributed by atoms with Crippen molar-refractivity contribution in [2.75, 3.05) is 0 Å². The van der Waals surface area contributed by atoms with Gasteiger partial charge in [-0.1, -0.05) is 12.1 Å². The topological polar surface area (TPSA) is 110 Å². The van der Waals surface area contributed by atoms with E-state index in [9.17, 15) is 14.9 Å². The molecule has 20 heavy (non-hydrogen) atoms. The van der Waals surface area contributed by atoms with E-state index in [4.69, 9.17) is 0 Å². The van der Waals surface area contributed by atoms with Crippen LogP contribution in [0, 0.1) is 10.1 Å². The first kappa shape index (κ1) is 13.3. The molecule has 0 aliphatic carbocycles. The van der Waals surface area contributed by atoms with Gasteiger partial charge in [-0.15, -0.1) is 0 Å². The summed E-state index contributed by atoms with van der Waals surface area (Å²) in [6.45, 7) is 0. The second-order valence-electron chi connectivity index (χ2n) is 3.64. The summed E-state index contributed by atoms with van der Waals surface area (Å²) in [6, 6.07) is 5.88.